The van der Waals surface area contributed by atoms with Crippen molar-refractivity contribution in [3.63, 3.8) is 0 Å². The first-order chi connectivity index (χ1) is 17.4. The van der Waals surface area contributed by atoms with Crippen molar-refractivity contribution in [3.8, 4) is 0 Å². The quantitative estimate of drug-likeness (QED) is 0.419. The molecule has 0 unspecified atom stereocenters. The number of likely N-dealkylation sites (tertiary alicyclic amines) is 1. The zero-order valence-corrected chi connectivity index (χ0v) is 21.7. The Morgan fingerprint density at radius 2 is 1.69 bits per heavy atom. The van der Waals surface area contributed by atoms with Crippen molar-refractivity contribution in [2.45, 2.75) is 13.0 Å². The first-order valence-electron chi connectivity index (χ1n) is 12.2. The van der Waals surface area contributed by atoms with Gasteiger partial charge >= 0.3 is 0 Å². The van der Waals surface area contributed by atoms with Gasteiger partial charge in [0, 0.05) is 78.9 Å². The molecule has 0 radical (unpaired) electrons. The average Bonchev–Trinajstić information content (AvgIpc) is 3.22. The minimum atomic E-state index is -0.0894. The highest BCUT2D eigenvalue weighted by Gasteiger charge is 2.31. The standard InChI is InChI=1S/C28H29BrN4O3/c1-2-27(35)33-16-20(17-33)14-23(34)18-32-19-25(24-15-21(29)8-9-26(24)32)28(36)31-12-10-30(11-13-31)22-6-4-3-5-7-22/h2-9,15,19-20H,1,10-14,16-18H2. The van der Waals surface area contributed by atoms with Crippen LogP contribution in [0.4, 0.5) is 5.69 Å². The number of Topliss-reactive ketones (excluding diaryl/α,β-unsaturated/α-hetero) is 1. The molecule has 0 spiro atoms. The van der Waals surface area contributed by atoms with Crippen molar-refractivity contribution in [3.05, 3.63) is 77.4 Å². The number of anilines is 1. The minimum absolute atomic E-state index is 0.00502. The summed E-state index contributed by atoms with van der Waals surface area (Å²) in [5, 5.41) is 0.846. The van der Waals surface area contributed by atoms with Gasteiger partial charge in [-0.1, -0.05) is 40.7 Å². The summed E-state index contributed by atoms with van der Waals surface area (Å²) in [5.74, 6) is 0.184. The molecular formula is C28H29BrN4O3. The molecule has 0 bridgehead atoms. The van der Waals surface area contributed by atoms with Crippen LogP contribution in [0.1, 0.15) is 16.8 Å². The fourth-order valence-corrected chi connectivity index (χ4v) is 5.49. The number of nitrogens with zero attached hydrogens (tertiary/aromatic N) is 4. The van der Waals surface area contributed by atoms with E-state index < -0.39 is 0 Å². The van der Waals surface area contributed by atoms with E-state index in [9.17, 15) is 14.4 Å². The van der Waals surface area contributed by atoms with E-state index in [0.29, 0.717) is 38.2 Å². The molecule has 7 nitrogen and oxygen atoms in total. The molecular weight excluding hydrogens is 520 g/mol. The van der Waals surface area contributed by atoms with Crippen LogP contribution in [0.5, 0.6) is 0 Å². The molecule has 2 saturated heterocycles. The van der Waals surface area contributed by atoms with Crippen LogP contribution >= 0.6 is 15.9 Å². The molecule has 8 heteroatoms. The van der Waals surface area contributed by atoms with E-state index in [1.807, 2.05) is 52.1 Å². The number of ketones is 1. The number of hydrogen-bond acceptors (Lipinski definition) is 4. The smallest absolute Gasteiger partial charge is 0.256 e. The number of aromatic nitrogens is 1. The SMILES string of the molecule is C=CC(=O)N1CC(CC(=O)Cn2cc(C(=O)N3CCN(c4ccccc4)CC3)c3cc(Br)ccc32)C1. The molecule has 0 N–H and O–H groups in total. The van der Waals surface area contributed by atoms with Gasteiger partial charge in [0.25, 0.3) is 5.91 Å². The molecule has 0 saturated carbocycles. The van der Waals surface area contributed by atoms with Gasteiger partial charge in [-0.3, -0.25) is 14.4 Å². The van der Waals surface area contributed by atoms with Crippen molar-refractivity contribution < 1.29 is 14.4 Å². The molecule has 0 aliphatic carbocycles. The summed E-state index contributed by atoms with van der Waals surface area (Å²) < 4.78 is 2.78. The lowest BCUT2D eigenvalue weighted by Crippen LogP contribution is -2.50. The van der Waals surface area contributed by atoms with E-state index >= 15 is 0 Å². The number of amides is 2. The minimum Gasteiger partial charge on any atom is -0.368 e. The highest BCUT2D eigenvalue weighted by Crippen LogP contribution is 2.28. The lowest BCUT2D eigenvalue weighted by atomic mass is 9.94. The van der Waals surface area contributed by atoms with E-state index in [4.69, 9.17) is 0 Å². The fourth-order valence-electron chi connectivity index (χ4n) is 5.13. The molecule has 186 valence electrons. The van der Waals surface area contributed by atoms with E-state index in [1.165, 1.54) is 11.8 Å². The molecule has 0 atom stereocenters. The topological polar surface area (TPSA) is 65.9 Å². The molecule has 3 heterocycles. The zero-order chi connectivity index (χ0) is 25.2. The van der Waals surface area contributed by atoms with Crippen LogP contribution < -0.4 is 4.90 Å². The van der Waals surface area contributed by atoms with Gasteiger partial charge in [-0.05, 0) is 36.4 Å². The Bertz CT molecular complexity index is 1310. The number of piperazine rings is 1. The highest BCUT2D eigenvalue weighted by atomic mass is 79.9. The Kier molecular flexibility index (Phi) is 6.96. The van der Waals surface area contributed by atoms with Crippen molar-refractivity contribution in [2.24, 2.45) is 5.92 Å². The van der Waals surface area contributed by atoms with E-state index in [1.54, 1.807) is 4.90 Å². The third-order valence-electron chi connectivity index (χ3n) is 7.07. The second kappa shape index (κ2) is 10.3. The monoisotopic (exact) mass is 548 g/mol. The molecule has 2 aliphatic heterocycles. The largest absolute Gasteiger partial charge is 0.368 e. The summed E-state index contributed by atoms with van der Waals surface area (Å²) in [5.41, 5.74) is 2.67. The first kappa shape index (κ1) is 24.3. The summed E-state index contributed by atoms with van der Waals surface area (Å²) in [6, 6.07) is 16.1. The number of carbonyl (C=O) groups is 3. The summed E-state index contributed by atoms with van der Waals surface area (Å²) in [6.45, 7) is 7.76. The molecule has 2 aliphatic rings. The molecule has 2 amide bonds. The van der Waals surface area contributed by atoms with Gasteiger partial charge < -0.3 is 19.3 Å². The second-order valence-electron chi connectivity index (χ2n) is 9.50. The van der Waals surface area contributed by atoms with Crippen LogP contribution in [0, 0.1) is 5.92 Å². The van der Waals surface area contributed by atoms with Crippen LogP contribution in [0.15, 0.2) is 71.9 Å². The highest BCUT2D eigenvalue weighted by molar-refractivity contribution is 9.10. The number of fused-ring (bicyclic) bond motifs is 1. The average molecular weight is 549 g/mol. The van der Waals surface area contributed by atoms with Gasteiger partial charge in [-0.25, -0.2) is 0 Å². The van der Waals surface area contributed by atoms with Gasteiger partial charge in [-0.2, -0.15) is 0 Å². The van der Waals surface area contributed by atoms with Gasteiger partial charge in [0.15, 0.2) is 5.78 Å². The van der Waals surface area contributed by atoms with Crippen molar-refractivity contribution >= 4 is 50.1 Å². The summed E-state index contributed by atoms with van der Waals surface area (Å²) in [4.78, 5) is 44.0. The summed E-state index contributed by atoms with van der Waals surface area (Å²) >= 11 is 3.53. The maximum atomic E-state index is 13.6. The molecule has 5 rings (SSSR count). The third-order valence-corrected chi connectivity index (χ3v) is 7.56. The molecule has 2 aromatic carbocycles. The molecule has 1 aromatic heterocycles. The maximum Gasteiger partial charge on any atom is 0.256 e. The number of hydrogen-bond donors (Lipinski definition) is 0. The number of carbonyl (C=O) groups excluding carboxylic acids is 3. The number of halogens is 1. The number of para-hydroxylation sites is 1. The predicted molar refractivity (Wildman–Crippen MR) is 144 cm³/mol. The Morgan fingerprint density at radius 3 is 2.39 bits per heavy atom. The first-order valence-corrected chi connectivity index (χ1v) is 13.0. The van der Waals surface area contributed by atoms with E-state index in [2.05, 4.69) is 39.5 Å². The second-order valence-corrected chi connectivity index (χ2v) is 10.4. The van der Waals surface area contributed by atoms with Crippen LogP contribution in [-0.2, 0) is 16.1 Å². The zero-order valence-electron chi connectivity index (χ0n) is 20.1. The van der Waals surface area contributed by atoms with Crippen molar-refractivity contribution in [1.29, 1.82) is 0 Å². The lowest BCUT2D eigenvalue weighted by molar-refractivity contribution is -0.134. The Balaban J connectivity index is 1.28. The van der Waals surface area contributed by atoms with E-state index in [-0.39, 0.29) is 30.1 Å². The van der Waals surface area contributed by atoms with Crippen LogP contribution in [0.2, 0.25) is 0 Å². The van der Waals surface area contributed by atoms with Gasteiger partial charge in [-0.15, -0.1) is 0 Å². The maximum absolute atomic E-state index is 13.6. The third kappa shape index (κ3) is 4.95. The van der Waals surface area contributed by atoms with Crippen molar-refractivity contribution in [1.82, 2.24) is 14.4 Å². The number of rotatable bonds is 7. The fraction of sp³-hybridized carbons (Fsp3) is 0.321. The Labute approximate surface area is 219 Å². The van der Waals surface area contributed by atoms with Crippen LogP contribution in [-0.4, -0.2) is 71.2 Å². The summed E-state index contributed by atoms with van der Waals surface area (Å²) in [7, 11) is 0. The van der Waals surface area contributed by atoms with Gasteiger partial charge in [0.1, 0.15) is 0 Å². The van der Waals surface area contributed by atoms with Crippen LogP contribution in [0.25, 0.3) is 10.9 Å². The van der Waals surface area contributed by atoms with Crippen LogP contribution in [0.3, 0.4) is 0 Å². The molecule has 36 heavy (non-hydrogen) atoms. The van der Waals surface area contributed by atoms with Gasteiger partial charge in [0.2, 0.25) is 5.91 Å². The predicted octanol–water partition coefficient (Wildman–Crippen LogP) is 3.97. The molecule has 2 fully saturated rings. The molecule has 3 aromatic rings. The normalized spacial score (nSPS) is 16.2. The lowest BCUT2D eigenvalue weighted by Gasteiger charge is -2.38. The Hall–Kier alpha value is -3.39. The van der Waals surface area contributed by atoms with Crippen molar-refractivity contribution in [2.75, 3.05) is 44.2 Å². The van der Waals surface area contributed by atoms with Gasteiger partial charge in [0.05, 0.1) is 12.1 Å². The van der Waals surface area contributed by atoms with E-state index in [0.717, 1.165) is 28.5 Å². The summed E-state index contributed by atoms with van der Waals surface area (Å²) in [6.07, 6.45) is 3.55. The Morgan fingerprint density at radius 1 is 0.972 bits per heavy atom. The number of benzene rings is 2.